The maximum atomic E-state index is 12.0. The number of benzene rings is 1. The van der Waals surface area contributed by atoms with Gasteiger partial charge in [-0.15, -0.1) is 0 Å². The number of hydrogen-bond acceptors (Lipinski definition) is 3. The van der Waals surface area contributed by atoms with E-state index in [1.54, 1.807) is 23.1 Å². The van der Waals surface area contributed by atoms with Gasteiger partial charge in [0.25, 0.3) is 0 Å². The Kier molecular flexibility index (Phi) is 6.15. The molecule has 1 heterocycles. The van der Waals surface area contributed by atoms with Crippen LogP contribution in [0.2, 0.25) is 10.0 Å². The van der Waals surface area contributed by atoms with Crippen molar-refractivity contribution in [3.8, 4) is 0 Å². The SMILES string of the molecule is CNCC1CCN(C(=O)OCc2cc(Cl)cc(Cl)c2)CC1. The smallest absolute Gasteiger partial charge is 0.410 e. The molecule has 21 heavy (non-hydrogen) atoms. The summed E-state index contributed by atoms with van der Waals surface area (Å²) in [7, 11) is 1.96. The molecule has 0 spiro atoms. The second-order valence-electron chi connectivity index (χ2n) is 5.32. The number of halogens is 2. The van der Waals surface area contributed by atoms with Gasteiger partial charge in [0.1, 0.15) is 6.61 Å². The molecule has 0 atom stereocenters. The first-order valence-corrected chi connectivity index (χ1v) is 7.85. The molecule has 1 fully saturated rings. The van der Waals surface area contributed by atoms with Crippen molar-refractivity contribution in [3.05, 3.63) is 33.8 Å². The second kappa shape index (κ2) is 7.87. The highest BCUT2D eigenvalue weighted by Gasteiger charge is 2.23. The lowest BCUT2D eigenvalue weighted by atomic mass is 9.97. The zero-order valence-corrected chi connectivity index (χ0v) is 13.6. The van der Waals surface area contributed by atoms with Gasteiger partial charge in [-0.1, -0.05) is 23.2 Å². The summed E-state index contributed by atoms with van der Waals surface area (Å²) in [6.45, 7) is 2.70. The van der Waals surface area contributed by atoms with Gasteiger partial charge in [0.2, 0.25) is 0 Å². The zero-order valence-electron chi connectivity index (χ0n) is 12.1. The van der Waals surface area contributed by atoms with Crippen LogP contribution >= 0.6 is 23.2 Å². The van der Waals surface area contributed by atoms with E-state index in [0.29, 0.717) is 16.0 Å². The molecule has 0 radical (unpaired) electrons. The quantitative estimate of drug-likeness (QED) is 0.917. The van der Waals surface area contributed by atoms with Crippen molar-refractivity contribution < 1.29 is 9.53 Å². The van der Waals surface area contributed by atoms with Gasteiger partial charge in [-0.25, -0.2) is 4.79 Å². The van der Waals surface area contributed by atoms with Gasteiger partial charge in [0.15, 0.2) is 0 Å². The van der Waals surface area contributed by atoms with Gasteiger partial charge < -0.3 is 15.0 Å². The van der Waals surface area contributed by atoms with Gasteiger partial charge in [0.05, 0.1) is 0 Å². The summed E-state index contributed by atoms with van der Waals surface area (Å²) in [4.78, 5) is 13.8. The molecule has 1 aliphatic heterocycles. The third-order valence-electron chi connectivity index (χ3n) is 3.65. The van der Waals surface area contributed by atoms with Gasteiger partial charge in [-0.2, -0.15) is 0 Å². The van der Waals surface area contributed by atoms with Crippen LogP contribution in [-0.4, -0.2) is 37.7 Å². The van der Waals surface area contributed by atoms with Crippen LogP contribution in [0.4, 0.5) is 4.79 Å². The molecule has 0 unspecified atom stereocenters. The van der Waals surface area contributed by atoms with Crippen molar-refractivity contribution in [3.63, 3.8) is 0 Å². The second-order valence-corrected chi connectivity index (χ2v) is 6.19. The van der Waals surface area contributed by atoms with Crippen LogP contribution in [-0.2, 0) is 11.3 Å². The third kappa shape index (κ3) is 5.06. The summed E-state index contributed by atoms with van der Waals surface area (Å²) in [5.41, 5.74) is 0.797. The zero-order chi connectivity index (χ0) is 15.2. The van der Waals surface area contributed by atoms with E-state index in [-0.39, 0.29) is 12.7 Å². The number of likely N-dealkylation sites (tertiary alicyclic amines) is 1. The maximum absolute atomic E-state index is 12.0. The summed E-state index contributed by atoms with van der Waals surface area (Å²) in [5.74, 6) is 0.644. The van der Waals surface area contributed by atoms with Crippen molar-refractivity contribution in [2.24, 2.45) is 5.92 Å². The lowest BCUT2D eigenvalue weighted by Gasteiger charge is -2.31. The molecule has 0 aromatic heterocycles. The van der Waals surface area contributed by atoms with Crippen LogP contribution in [0.1, 0.15) is 18.4 Å². The van der Waals surface area contributed by atoms with Crippen molar-refractivity contribution >= 4 is 29.3 Å². The molecular weight excluding hydrogens is 311 g/mol. The molecule has 0 saturated carbocycles. The number of piperidine rings is 1. The third-order valence-corrected chi connectivity index (χ3v) is 4.09. The molecular formula is C15H20Cl2N2O2. The van der Waals surface area contributed by atoms with Gasteiger partial charge >= 0.3 is 6.09 Å². The van der Waals surface area contributed by atoms with Crippen LogP contribution < -0.4 is 5.32 Å². The monoisotopic (exact) mass is 330 g/mol. The minimum absolute atomic E-state index is 0.190. The van der Waals surface area contributed by atoms with Crippen LogP contribution in [0.25, 0.3) is 0 Å². The van der Waals surface area contributed by atoms with E-state index >= 15 is 0 Å². The first kappa shape index (κ1) is 16.4. The Morgan fingerprint density at radius 2 is 1.90 bits per heavy atom. The molecule has 0 aliphatic carbocycles. The predicted octanol–water partition coefficient (Wildman–Crippen LogP) is 3.56. The van der Waals surface area contributed by atoms with Gasteiger partial charge in [0, 0.05) is 23.1 Å². The molecule has 1 saturated heterocycles. The largest absolute Gasteiger partial charge is 0.445 e. The summed E-state index contributed by atoms with van der Waals surface area (Å²) in [5, 5.41) is 4.26. The lowest BCUT2D eigenvalue weighted by molar-refractivity contribution is 0.0824. The van der Waals surface area contributed by atoms with Crippen LogP contribution in [0.3, 0.4) is 0 Å². The number of ether oxygens (including phenoxy) is 1. The predicted molar refractivity (Wildman–Crippen MR) is 84.9 cm³/mol. The Bertz CT molecular complexity index is 468. The Morgan fingerprint density at radius 1 is 1.29 bits per heavy atom. The summed E-state index contributed by atoms with van der Waals surface area (Å²) >= 11 is 11.8. The fraction of sp³-hybridized carbons (Fsp3) is 0.533. The Hall–Kier alpha value is -0.970. The van der Waals surface area contributed by atoms with E-state index in [1.165, 1.54) is 0 Å². The minimum Gasteiger partial charge on any atom is -0.445 e. The Morgan fingerprint density at radius 3 is 2.48 bits per heavy atom. The van der Waals surface area contributed by atoms with E-state index < -0.39 is 0 Å². The number of carbonyl (C=O) groups is 1. The summed E-state index contributed by atoms with van der Waals surface area (Å²) in [6.07, 6.45) is 1.76. The molecule has 1 N–H and O–H groups in total. The highest BCUT2D eigenvalue weighted by Crippen LogP contribution is 2.21. The van der Waals surface area contributed by atoms with Crippen molar-refractivity contribution in [1.29, 1.82) is 0 Å². The number of hydrogen-bond donors (Lipinski definition) is 1. The number of carbonyl (C=O) groups excluding carboxylic acids is 1. The highest BCUT2D eigenvalue weighted by atomic mass is 35.5. The Balaban J connectivity index is 1.80. The van der Waals surface area contributed by atoms with Crippen LogP contribution in [0.5, 0.6) is 0 Å². The fourth-order valence-corrected chi connectivity index (χ4v) is 3.11. The van der Waals surface area contributed by atoms with E-state index in [2.05, 4.69) is 5.32 Å². The normalized spacial score (nSPS) is 16.0. The summed E-state index contributed by atoms with van der Waals surface area (Å²) in [6, 6.07) is 5.15. The average molecular weight is 331 g/mol. The molecule has 6 heteroatoms. The number of rotatable bonds is 4. The molecule has 1 aromatic carbocycles. The standard InChI is InChI=1S/C15H20Cl2N2O2/c1-18-9-11-2-4-19(5-3-11)15(20)21-10-12-6-13(16)8-14(17)7-12/h6-8,11,18H,2-5,9-10H2,1H3. The van der Waals surface area contributed by atoms with E-state index in [1.807, 2.05) is 7.05 Å². The molecule has 1 aromatic rings. The van der Waals surface area contributed by atoms with E-state index in [9.17, 15) is 4.79 Å². The van der Waals surface area contributed by atoms with Crippen LogP contribution in [0.15, 0.2) is 18.2 Å². The summed E-state index contributed by atoms with van der Waals surface area (Å²) < 4.78 is 5.33. The Labute approximate surface area is 135 Å². The molecule has 1 aliphatic rings. The molecule has 116 valence electrons. The lowest BCUT2D eigenvalue weighted by Crippen LogP contribution is -2.40. The average Bonchev–Trinajstić information content (AvgIpc) is 2.45. The minimum atomic E-state index is -0.269. The number of amides is 1. The number of nitrogens with one attached hydrogen (secondary N) is 1. The maximum Gasteiger partial charge on any atom is 0.410 e. The molecule has 0 bridgehead atoms. The van der Waals surface area contributed by atoms with Crippen molar-refractivity contribution in [1.82, 2.24) is 10.2 Å². The molecule has 2 rings (SSSR count). The van der Waals surface area contributed by atoms with Crippen molar-refractivity contribution in [2.75, 3.05) is 26.7 Å². The molecule has 1 amide bonds. The van der Waals surface area contributed by atoms with Gasteiger partial charge in [-0.3, -0.25) is 0 Å². The van der Waals surface area contributed by atoms with Crippen LogP contribution in [0, 0.1) is 5.92 Å². The van der Waals surface area contributed by atoms with E-state index in [0.717, 1.165) is 38.0 Å². The number of nitrogens with zero attached hydrogens (tertiary/aromatic N) is 1. The highest BCUT2D eigenvalue weighted by molar-refractivity contribution is 6.34. The topological polar surface area (TPSA) is 41.6 Å². The first-order valence-electron chi connectivity index (χ1n) is 7.09. The molecule has 4 nitrogen and oxygen atoms in total. The van der Waals surface area contributed by atoms with Crippen molar-refractivity contribution in [2.45, 2.75) is 19.4 Å². The first-order chi connectivity index (χ1) is 10.1. The van der Waals surface area contributed by atoms with E-state index in [4.69, 9.17) is 27.9 Å². The fourth-order valence-electron chi connectivity index (χ4n) is 2.54. The van der Waals surface area contributed by atoms with Gasteiger partial charge in [-0.05, 0) is 56.1 Å².